The van der Waals surface area contributed by atoms with E-state index in [2.05, 4.69) is 40.7 Å². The summed E-state index contributed by atoms with van der Waals surface area (Å²) in [5.41, 5.74) is -0.838. The lowest BCUT2D eigenvalue weighted by Crippen LogP contribution is -2.66. The van der Waals surface area contributed by atoms with Gasteiger partial charge in [0.2, 0.25) is 6.29 Å². The molecule has 0 spiro atoms. The first-order valence-electron chi connectivity index (χ1n) is 24.3. The molecule has 18 heteroatoms. The summed E-state index contributed by atoms with van der Waals surface area (Å²) in [6.45, 7) is 13.7. The number of carbonyl (C=O) groups excluding carboxylic acids is 1. The number of carbonyl (C=O) groups is 1. The fourth-order valence-electron chi connectivity index (χ4n) is 14.8. The summed E-state index contributed by atoms with van der Waals surface area (Å²) in [4.78, 5) is 15.0. The largest absolute Gasteiger partial charge is 0.432 e. The van der Waals surface area contributed by atoms with Gasteiger partial charge >= 0.3 is 5.97 Å². The molecule has 11 N–H and O–H groups in total. The van der Waals surface area contributed by atoms with Crippen molar-refractivity contribution >= 4 is 5.97 Å². The van der Waals surface area contributed by atoms with Gasteiger partial charge in [-0.3, -0.25) is 4.79 Å². The molecule has 3 aliphatic heterocycles. The van der Waals surface area contributed by atoms with Gasteiger partial charge in [0.25, 0.3) is 0 Å². The van der Waals surface area contributed by atoms with Crippen molar-refractivity contribution in [2.45, 2.75) is 211 Å². The lowest BCUT2D eigenvalue weighted by atomic mass is 9.33. The van der Waals surface area contributed by atoms with Crippen molar-refractivity contribution in [3.8, 4) is 0 Å². The van der Waals surface area contributed by atoms with Crippen LogP contribution in [0, 0.1) is 50.2 Å². The number of rotatable bonds is 9. The van der Waals surface area contributed by atoms with Crippen molar-refractivity contribution in [3.63, 3.8) is 0 Å². The molecule has 4 saturated carbocycles. The van der Waals surface area contributed by atoms with Crippen LogP contribution in [0.4, 0.5) is 0 Å². The lowest BCUT2D eigenvalue weighted by Gasteiger charge is -2.71. The average Bonchev–Trinajstić information content (AvgIpc) is 3.27. The Morgan fingerprint density at radius 3 is 2.00 bits per heavy atom. The molecule has 3 saturated heterocycles. The van der Waals surface area contributed by atoms with Crippen LogP contribution in [0.2, 0.25) is 0 Å². The third kappa shape index (κ3) is 7.87. The Kier molecular flexibility index (Phi) is 13.9. The summed E-state index contributed by atoms with van der Waals surface area (Å²) in [5, 5.41) is 118. The molecular weight excluding hydrogens is 865 g/mol. The zero-order valence-electron chi connectivity index (χ0n) is 39.5. The van der Waals surface area contributed by atoms with Crippen LogP contribution >= 0.6 is 0 Å². The van der Waals surface area contributed by atoms with Gasteiger partial charge in [-0.2, -0.15) is 0 Å². The van der Waals surface area contributed by atoms with Crippen LogP contribution in [0.5, 0.6) is 0 Å². The van der Waals surface area contributed by atoms with E-state index < -0.39 is 128 Å². The Morgan fingerprint density at radius 2 is 1.32 bits per heavy atom. The first-order chi connectivity index (χ1) is 30.8. The van der Waals surface area contributed by atoms with Crippen LogP contribution in [0.3, 0.4) is 0 Å². The molecule has 7 fully saturated rings. The van der Waals surface area contributed by atoms with E-state index in [1.807, 2.05) is 6.92 Å². The minimum Gasteiger partial charge on any atom is -0.432 e. The fourth-order valence-corrected chi connectivity index (χ4v) is 14.8. The van der Waals surface area contributed by atoms with Crippen LogP contribution in [0.15, 0.2) is 11.6 Å². The molecule has 66 heavy (non-hydrogen) atoms. The van der Waals surface area contributed by atoms with Crippen molar-refractivity contribution in [3.05, 3.63) is 11.6 Å². The molecule has 8 aliphatic rings. The molecule has 0 aromatic heterocycles. The van der Waals surface area contributed by atoms with Gasteiger partial charge in [0.05, 0.1) is 37.4 Å². The monoisotopic (exact) mass is 943 g/mol. The Labute approximate surface area is 387 Å². The number of esters is 1. The molecule has 0 bridgehead atoms. The fraction of sp³-hybridized carbons (Fsp3) is 0.938. The number of fused-ring (bicyclic) bond motifs is 7. The van der Waals surface area contributed by atoms with Crippen molar-refractivity contribution in [2.75, 3.05) is 19.8 Å². The second kappa shape index (κ2) is 18.0. The summed E-state index contributed by atoms with van der Waals surface area (Å²) in [6, 6.07) is 0. The number of hydrogen-bond donors (Lipinski definition) is 11. The van der Waals surface area contributed by atoms with E-state index in [4.69, 9.17) is 28.4 Å². The third-order valence-electron chi connectivity index (χ3n) is 19.4. The summed E-state index contributed by atoms with van der Waals surface area (Å²) in [7, 11) is 0. The molecule has 0 aromatic rings. The Balaban J connectivity index is 0.976. The predicted molar refractivity (Wildman–Crippen MR) is 230 cm³/mol. The highest BCUT2D eigenvalue weighted by molar-refractivity contribution is 5.79. The van der Waals surface area contributed by atoms with Crippen molar-refractivity contribution < 1.29 is 89.4 Å². The summed E-state index contributed by atoms with van der Waals surface area (Å²) < 4.78 is 34.7. The number of allylic oxidation sites excluding steroid dienone is 2. The zero-order chi connectivity index (χ0) is 48.3. The van der Waals surface area contributed by atoms with E-state index in [0.29, 0.717) is 25.2 Å². The molecule has 0 aromatic carbocycles. The molecule has 18 nitrogen and oxygen atoms in total. The standard InChI is InChI=1S/C48H78O18/c1-22-30(52)32(54)35(57)40(62-22)65-38-25(19-49)63-39(37(59)34(38)56)61-20-26-31(53)33(55)36(58)41(64-26)66-42(60)48-16-14-43(2,3)18-24(48)23-8-9-28-44(4)12-11-29(51)45(5,21-50)27(44)10-13-47(28,7)46(23,6)15-17-48/h8,22,24-41,49-59H,9-21H2,1-7H3/t22-,24-,25+,26+,27+,28+,29-,30-,31+,32+,33-,34+,35+,36+,37+,38+,39+,40-,41-,44-,45-,46+,47+,48-/m0/s1. The van der Waals surface area contributed by atoms with Gasteiger partial charge in [-0.25, -0.2) is 0 Å². The Bertz CT molecular complexity index is 1800. The Hall–Kier alpha value is -1.43. The van der Waals surface area contributed by atoms with Crippen molar-refractivity contribution in [1.82, 2.24) is 0 Å². The molecular formula is C48H78O18. The van der Waals surface area contributed by atoms with E-state index in [1.165, 1.54) is 12.5 Å². The van der Waals surface area contributed by atoms with Crippen LogP contribution in [0.1, 0.15) is 113 Å². The quantitative estimate of drug-likeness (QED) is 0.108. The summed E-state index contributed by atoms with van der Waals surface area (Å²) >= 11 is 0. The average molecular weight is 943 g/mol. The zero-order valence-corrected chi connectivity index (χ0v) is 39.5. The second-order valence-electron chi connectivity index (χ2n) is 23.3. The molecule has 3 heterocycles. The van der Waals surface area contributed by atoms with Crippen LogP contribution in [-0.2, 0) is 33.2 Å². The second-order valence-corrected chi connectivity index (χ2v) is 23.3. The highest BCUT2D eigenvalue weighted by Crippen LogP contribution is 2.76. The highest BCUT2D eigenvalue weighted by atomic mass is 16.8. The number of aliphatic hydroxyl groups excluding tert-OH is 11. The maximum Gasteiger partial charge on any atom is 0.315 e. The lowest BCUT2D eigenvalue weighted by molar-refractivity contribution is -0.361. The van der Waals surface area contributed by atoms with E-state index >= 15 is 0 Å². The van der Waals surface area contributed by atoms with Crippen molar-refractivity contribution in [1.29, 1.82) is 0 Å². The molecule has 24 atom stereocenters. The van der Waals surface area contributed by atoms with E-state index in [9.17, 15) is 61.0 Å². The molecule has 0 radical (unpaired) electrons. The van der Waals surface area contributed by atoms with Crippen LogP contribution in [-0.4, -0.2) is 180 Å². The number of ether oxygens (including phenoxy) is 6. The third-order valence-corrected chi connectivity index (χ3v) is 19.4. The van der Waals surface area contributed by atoms with Gasteiger partial charge in [-0.05, 0) is 111 Å². The molecule has 5 aliphatic carbocycles. The van der Waals surface area contributed by atoms with Gasteiger partial charge in [-0.15, -0.1) is 0 Å². The van der Waals surface area contributed by atoms with Crippen LogP contribution in [0.25, 0.3) is 0 Å². The first-order valence-corrected chi connectivity index (χ1v) is 24.3. The smallest absolute Gasteiger partial charge is 0.315 e. The Morgan fingerprint density at radius 1 is 0.682 bits per heavy atom. The topological polar surface area (TPSA) is 295 Å². The molecule has 8 rings (SSSR count). The van der Waals surface area contributed by atoms with Crippen LogP contribution < -0.4 is 0 Å². The molecule has 378 valence electrons. The first kappa shape index (κ1) is 50.9. The maximum absolute atomic E-state index is 15.0. The predicted octanol–water partition coefficient (Wildman–Crippen LogP) is 0.141. The minimum absolute atomic E-state index is 0.0599. The van der Waals surface area contributed by atoms with Gasteiger partial charge in [0.15, 0.2) is 12.6 Å². The van der Waals surface area contributed by atoms with Gasteiger partial charge < -0.3 is 84.6 Å². The number of hydrogen-bond acceptors (Lipinski definition) is 18. The van der Waals surface area contributed by atoms with Crippen molar-refractivity contribution in [2.24, 2.45) is 50.2 Å². The maximum atomic E-state index is 15.0. The SMILES string of the molecule is C[C@@H]1O[C@@H](O[C@H]2[C@H](O)[C@@H](O)[C@H](OC[C@H]3O[C@@H](OC(=O)[C@]45CCC(C)(C)C[C@H]4C4=CC[C@@H]6[C@@]7(C)CC[C@H](O)[C@@](C)(CO)[C@@H]7CC[C@@]6(C)[C@]4(C)CC5)[C@H](O)[C@@H](O)[C@@H]3O)O[C@@H]2CO)[C@H](O)[C@H](O)[C@H]1O. The molecule has 0 amide bonds. The van der Waals surface area contributed by atoms with E-state index in [0.717, 1.165) is 44.9 Å². The van der Waals surface area contributed by atoms with Gasteiger partial charge in [0, 0.05) is 5.41 Å². The summed E-state index contributed by atoms with van der Waals surface area (Å²) in [5.74, 6) is -0.273. The molecule has 0 unspecified atom stereocenters. The normalized spacial score (nSPS) is 54.8. The van der Waals surface area contributed by atoms with E-state index in [-0.39, 0.29) is 40.1 Å². The summed E-state index contributed by atoms with van der Waals surface area (Å²) in [6.07, 6.45) is -14.9. The highest BCUT2D eigenvalue weighted by Gasteiger charge is 2.70. The minimum atomic E-state index is -1.85. The number of aliphatic hydroxyl groups is 11. The van der Waals surface area contributed by atoms with E-state index in [1.54, 1.807) is 0 Å². The van der Waals surface area contributed by atoms with Gasteiger partial charge in [0.1, 0.15) is 67.1 Å². The van der Waals surface area contributed by atoms with Gasteiger partial charge in [-0.1, -0.05) is 53.2 Å².